The molecule has 0 aliphatic rings. The number of aliphatic hydroxyl groups is 1. The monoisotopic (exact) mass is 221 g/mol. The van der Waals surface area contributed by atoms with Crippen LogP contribution in [0, 0.1) is 5.92 Å². The molecular formula is C14H23NO. The molecule has 2 nitrogen and oxygen atoms in total. The van der Waals surface area contributed by atoms with E-state index in [9.17, 15) is 5.11 Å². The Hall–Kier alpha value is -0.890. The number of nitrogens with zero attached hydrogens (tertiary/aromatic N) is 1. The van der Waals surface area contributed by atoms with Crippen molar-refractivity contribution >= 4 is 0 Å². The molecule has 2 heteroatoms. The maximum Gasteiger partial charge on any atom is 0.0595 e. The molecule has 0 bridgehead atoms. The minimum atomic E-state index is -0.248. The zero-order valence-corrected chi connectivity index (χ0v) is 10.6. The molecular weight excluding hydrogens is 198 g/mol. The Labute approximate surface area is 98.7 Å². The first-order valence-corrected chi connectivity index (χ1v) is 6.23. The fraction of sp³-hybridized carbons (Fsp3) is 0.643. The molecule has 0 spiro atoms. The third-order valence-corrected chi connectivity index (χ3v) is 2.82. The van der Waals surface area contributed by atoms with Crippen molar-refractivity contribution in [3.05, 3.63) is 29.6 Å². The maximum atomic E-state index is 9.84. The van der Waals surface area contributed by atoms with Gasteiger partial charge in [0.15, 0.2) is 0 Å². The summed E-state index contributed by atoms with van der Waals surface area (Å²) in [6, 6.07) is 4.12. The number of hydrogen-bond donors (Lipinski definition) is 1. The fourth-order valence-electron chi connectivity index (χ4n) is 1.65. The second-order valence-electron chi connectivity index (χ2n) is 4.84. The van der Waals surface area contributed by atoms with Gasteiger partial charge in [-0.1, -0.05) is 26.8 Å². The van der Waals surface area contributed by atoms with Crippen molar-refractivity contribution in [3.63, 3.8) is 0 Å². The van der Waals surface area contributed by atoms with Gasteiger partial charge in [-0.25, -0.2) is 0 Å². The average molecular weight is 221 g/mol. The Kier molecular flexibility index (Phi) is 5.47. The summed E-state index contributed by atoms with van der Waals surface area (Å²) in [6.45, 7) is 6.48. The van der Waals surface area contributed by atoms with Crippen LogP contribution in [0.3, 0.4) is 0 Å². The molecule has 1 heterocycles. The van der Waals surface area contributed by atoms with Crippen molar-refractivity contribution in [2.24, 2.45) is 5.92 Å². The fourth-order valence-corrected chi connectivity index (χ4v) is 1.65. The number of aryl methyl sites for hydroxylation is 1. The standard InChI is InChI=1S/C14H23NO/c1-4-12-6-7-13(15-10-12)9-14(16)8-5-11(2)3/h6-7,10-11,14,16H,4-5,8-9H2,1-3H3. The van der Waals surface area contributed by atoms with E-state index in [1.807, 2.05) is 12.3 Å². The first-order valence-electron chi connectivity index (χ1n) is 6.23. The molecule has 90 valence electrons. The second kappa shape index (κ2) is 6.64. The van der Waals surface area contributed by atoms with E-state index in [0.29, 0.717) is 12.3 Å². The van der Waals surface area contributed by atoms with Gasteiger partial charge in [-0.3, -0.25) is 4.98 Å². The van der Waals surface area contributed by atoms with Gasteiger partial charge < -0.3 is 5.11 Å². The van der Waals surface area contributed by atoms with E-state index in [0.717, 1.165) is 25.0 Å². The molecule has 0 amide bonds. The first-order chi connectivity index (χ1) is 7.61. The van der Waals surface area contributed by atoms with Crippen molar-refractivity contribution in [2.45, 2.75) is 52.6 Å². The highest BCUT2D eigenvalue weighted by molar-refractivity contribution is 5.14. The molecule has 0 aliphatic carbocycles. The minimum Gasteiger partial charge on any atom is -0.393 e. The molecule has 16 heavy (non-hydrogen) atoms. The molecule has 0 saturated carbocycles. The first kappa shape index (κ1) is 13.2. The van der Waals surface area contributed by atoms with Gasteiger partial charge in [-0.05, 0) is 36.8 Å². The summed E-state index contributed by atoms with van der Waals surface area (Å²) in [5.74, 6) is 0.657. The molecule has 1 unspecified atom stereocenters. The van der Waals surface area contributed by atoms with Crippen LogP contribution in [0.5, 0.6) is 0 Å². The van der Waals surface area contributed by atoms with Gasteiger partial charge in [0.2, 0.25) is 0 Å². The summed E-state index contributed by atoms with van der Waals surface area (Å²) in [7, 11) is 0. The summed E-state index contributed by atoms with van der Waals surface area (Å²) in [5, 5.41) is 9.84. The van der Waals surface area contributed by atoms with Crippen molar-refractivity contribution in [1.82, 2.24) is 4.98 Å². The summed E-state index contributed by atoms with van der Waals surface area (Å²) < 4.78 is 0. The van der Waals surface area contributed by atoms with Gasteiger partial charge in [0, 0.05) is 18.3 Å². The SMILES string of the molecule is CCc1ccc(CC(O)CCC(C)C)nc1. The Morgan fingerprint density at radius 2 is 2.00 bits per heavy atom. The molecule has 1 rings (SSSR count). The number of rotatable bonds is 6. The molecule has 0 radical (unpaired) electrons. The van der Waals surface area contributed by atoms with Gasteiger partial charge in [0.05, 0.1) is 6.10 Å². The molecule has 1 atom stereocenters. The molecule has 0 aliphatic heterocycles. The zero-order valence-electron chi connectivity index (χ0n) is 10.6. The van der Waals surface area contributed by atoms with E-state index >= 15 is 0 Å². The van der Waals surface area contributed by atoms with Crippen LogP contribution in [0.1, 0.15) is 44.9 Å². The molecule has 0 saturated heterocycles. The van der Waals surface area contributed by atoms with Crippen LogP contribution in [-0.4, -0.2) is 16.2 Å². The van der Waals surface area contributed by atoms with Crippen molar-refractivity contribution in [3.8, 4) is 0 Å². The smallest absolute Gasteiger partial charge is 0.0595 e. The van der Waals surface area contributed by atoms with Crippen molar-refractivity contribution < 1.29 is 5.11 Å². The lowest BCUT2D eigenvalue weighted by molar-refractivity contribution is 0.156. The van der Waals surface area contributed by atoms with Gasteiger partial charge >= 0.3 is 0 Å². The molecule has 1 N–H and O–H groups in total. The number of aromatic nitrogens is 1. The largest absolute Gasteiger partial charge is 0.393 e. The lowest BCUT2D eigenvalue weighted by Crippen LogP contribution is -2.12. The van der Waals surface area contributed by atoms with Gasteiger partial charge in [0.1, 0.15) is 0 Å². The van der Waals surface area contributed by atoms with E-state index in [1.165, 1.54) is 5.56 Å². The van der Waals surface area contributed by atoms with Gasteiger partial charge in [-0.15, -0.1) is 0 Å². The Morgan fingerprint density at radius 3 is 2.50 bits per heavy atom. The zero-order chi connectivity index (χ0) is 12.0. The second-order valence-corrected chi connectivity index (χ2v) is 4.84. The van der Waals surface area contributed by atoms with Gasteiger partial charge in [-0.2, -0.15) is 0 Å². The number of aliphatic hydroxyl groups excluding tert-OH is 1. The predicted molar refractivity (Wildman–Crippen MR) is 67.4 cm³/mol. The Balaban J connectivity index is 2.40. The highest BCUT2D eigenvalue weighted by Gasteiger charge is 2.07. The van der Waals surface area contributed by atoms with E-state index in [1.54, 1.807) is 0 Å². The highest BCUT2D eigenvalue weighted by atomic mass is 16.3. The lowest BCUT2D eigenvalue weighted by Gasteiger charge is -2.11. The summed E-state index contributed by atoms with van der Waals surface area (Å²) >= 11 is 0. The van der Waals surface area contributed by atoms with E-state index in [4.69, 9.17) is 0 Å². The van der Waals surface area contributed by atoms with Gasteiger partial charge in [0.25, 0.3) is 0 Å². The average Bonchev–Trinajstić information content (AvgIpc) is 2.27. The molecule has 0 fully saturated rings. The maximum absolute atomic E-state index is 9.84. The Bertz CT molecular complexity index is 292. The topological polar surface area (TPSA) is 33.1 Å². The Morgan fingerprint density at radius 1 is 1.25 bits per heavy atom. The van der Waals surface area contributed by atoms with E-state index in [2.05, 4.69) is 31.8 Å². The van der Waals surface area contributed by atoms with Crippen LogP contribution in [0.25, 0.3) is 0 Å². The predicted octanol–water partition coefficient (Wildman–Crippen LogP) is 2.98. The van der Waals surface area contributed by atoms with Crippen LogP contribution in [0.2, 0.25) is 0 Å². The van der Waals surface area contributed by atoms with Crippen LogP contribution < -0.4 is 0 Å². The third kappa shape index (κ3) is 4.75. The van der Waals surface area contributed by atoms with Crippen LogP contribution in [0.15, 0.2) is 18.3 Å². The summed E-state index contributed by atoms with van der Waals surface area (Å²) in [4.78, 5) is 4.36. The number of hydrogen-bond acceptors (Lipinski definition) is 2. The van der Waals surface area contributed by atoms with Crippen LogP contribution in [-0.2, 0) is 12.8 Å². The quantitative estimate of drug-likeness (QED) is 0.801. The van der Waals surface area contributed by atoms with E-state index < -0.39 is 0 Å². The van der Waals surface area contributed by atoms with Crippen molar-refractivity contribution in [2.75, 3.05) is 0 Å². The molecule has 1 aromatic heterocycles. The molecule has 1 aromatic rings. The summed E-state index contributed by atoms with van der Waals surface area (Å²) in [6.07, 6.45) is 5.30. The molecule has 0 aromatic carbocycles. The minimum absolute atomic E-state index is 0.248. The lowest BCUT2D eigenvalue weighted by atomic mass is 10.0. The van der Waals surface area contributed by atoms with E-state index in [-0.39, 0.29) is 6.10 Å². The summed E-state index contributed by atoms with van der Waals surface area (Å²) in [5.41, 5.74) is 2.24. The third-order valence-electron chi connectivity index (χ3n) is 2.82. The normalized spacial score (nSPS) is 13.1. The highest BCUT2D eigenvalue weighted by Crippen LogP contribution is 2.11. The van der Waals surface area contributed by atoms with Crippen LogP contribution >= 0.6 is 0 Å². The van der Waals surface area contributed by atoms with Crippen molar-refractivity contribution in [1.29, 1.82) is 0 Å². The van der Waals surface area contributed by atoms with Crippen LogP contribution in [0.4, 0.5) is 0 Å². The number of pyridine rings is 1.